The van der Waals surface area contributed by atoms with Crippen molar-refractivity contribution < 1.29 is 13.6 Å². The van der Waals surface area contributed by atoms with E-state index in [-0.39, 0.29) is 11.0 Å². The molecule has 39 heavy (non-hydrogen) atoms. The Bertz CT molecular complexity index is 1670. The zero-order valence-electron chi connectivity index (χ0n) is 21.4. The summed E-state index contributed by atoms with van der Waals surface area (Å²) in [6, 6.07) is 24.6. The van der Waals surface area contributed by atoms with Crippen molar-refractivity contribution in [2.75, 3.05) is 5.32 Å². The van der Waals surface area contributed by atoms with Crippen LogP contribution in [0, 0.1) is 0 Å². The number of carbonyl (C=O) groups excluding carboxylic acids is 1. The maximum atomic E-state index is 12.4. The quantitative estimate of drug-likeness (QED) is 0.155. The van der Waals surface area contributed by atoms with Crippen molar-refractivity contribution in [3.05, 3.63) is 101 Å². The summed E-state index contributed by atoms with van der Waals surface area (Å²) in [6.07, 6.45) is 4.00. The summed E-state index contributed by atoms with van der Waals surface area (Å²) < 4.78 is 11.8. The number of benzene rings is 3. The molecule has 2 heterocycles. The molecule has 0 saturated carbocycles. The summed E-state index contributed by atoms with van der Waals surface area (Å²) in [6.45, 7) is 4.37. The Labute approximate surface area is 236 Å². The molecule has 2 aromatic heterocycles. The molecule has 1 amide bonds. The highest BCUT2D eigenvalue weighted by Crippen LogP contribution is 2.29. The minimum absolute atomic E-state index is 0.166. The number of hydrogen-bond donors (Lipinski definition) is 2. The van der Waals surface area contributed by atoms with Crippen molar-refractivity contribution in [1.29, 1.82) is 0 Å². The van der Waals surface area contributed by atoms with Crippen LogP contribution in [-0.2, 0) is 4.79 Å². The fourth-order valence-electron chi connectivity index (χ4n) is 4.03. The molecule has 6 nitrogen and oxygen atoms in total. The van der Waals surface area contributed by atoms with Crippen LogP contribution in [0.15, 0.2) is 93.8 Å². The number of nitrogens with zero attached hydrogens (tertiary/aromatic N) is 1. The lowest BCUT2D eigenvalue weighted by molar-refractivity contribution is -0.115. The van der Waals surface area contributed by atoms with Gasteiger partial charge in [0.15, 0.2) is 10.7 Å². The molecule has 0 aliphatic rings. The van der Waals surface area contributed by atoms with Gasteiger partial charge in [0, 0.05) is 27.9 Å². The van der Waals surface area contributed by atoms with E-state index in [2.05, 4.69) is 41.6 Å². The first-order valence-electron chi connectivity index (χ1n) is 12.5. The van der Waals surface area contributed by atoms with Gasteiger partial charge in [0.1, 0.15) is 17.0 Å². The third kappa shape index (κ3) is 6.45. The largest absolute Gasteiger partial charge is 0.457 e. The van der Waals surface area contributed by atoms with E-state index in [4.69, 9.17) is 32.7 Å². The van der Waals surface area contributed by atoms with Gasteiger partial charge in [-0.2, -0.15) is 0 Å². The van der Waals surface area contributed by atoms with Crippen LogP contribution in [0.25, 0.3) is 40.0 Å². The topological polar surface area (TPSA) is 80.3 Å². The fourth-order valence-corrected chi connectivity index (χ4v) is 4.37. The van der Waals surface area contributed by atoms with Gasteiger partial charge in [-0.3, -0.25) is 10.1 Å². The van der Waals surface area contributed by atoms with Crippen LogP contribution in [0.4, 0.5) is 5.69 Å². The molecule has 8 heteroatoms. The third-order valence-electron chi connectivity index (χ3n) is 6.35. The Hall–Kier alpha value is -4.20. The average Bonchev–Trinajstić information content (AvgIpc) is 3.59. The van der Waals surface area contributed by atoms with Gasteiger partial charge in [-0.1, -0.05) is 37.6 Å². The highest BCUT2D eigenvalue weighted by molar-refractivity contribution is 7.80. The molecule has 5 aromatic rings. The molecular weight excluding hydrogens is 530 g/mol. The number of thiocarbonyl (C=S) groups is 1. The van der Waals surface area contributed by atoms with Gasteiger partial charge in [-0.25, -0.2) is 4.98 Å². The number of furan rings is 1. The van der Waals surface area contributed by atoms with Crippen LogP contribution < -0.4 is 10.6 Å². The van der Waals surface area contributed by atoms with Crippen molar-refractivity contribution in [2.24, 2.45) is 0 Å². The first-order chi connectivity index (χ1) is 18.9. The Balaban J connectivity index is 1.20. The van der Waals surface area contributed by atoms with E-state index in [0.29, 0.717) is 34.0 Å². The van der Waals surface area contributed by atoms with Crippen molar-refractivity contribution in [3.63, 3.8) is 0 Å². The van der Waals surface area contributed by atoms with E-state index in [1.807, 2.05) is 48.5 Å². The number of hydrogen-bond acceptors (Lipinski definition) is 5. The van der Waals surface area contributed by atoms with Gasteiger partial charge in [0.25, 0.3) is 0 Å². The number of fused-ring (bicyclic) bond motifs is 1. The van der Waals surface area contributed by atoms with E-state index in [1.165, 1.54) is 11.6 Å². The number of oxazole rings is 1. The van der Waals surface area contributed by atoms with E-state index >= 15 is 0 Å². The maximum absolute atomic E-state index is 12.4. The SMILES string of the molecule is CCC(C)c1ccc2oc(-c3cccc(NC(=S)NC(=O)C=Cc4ccc(-c5ccc(Cl)cc5)o4)c3)nc2c1. The second-order valence-electron chi connectivity index (χ2n) is 9.12. The molecule has 0 aliphatic carbocycles. The molecular formula is C31H26ClN3O3S. The van der Waals surface area contributed by atoms with Crippen LogP contribution in [0.3, 0.4) is 0 Å². The van der Waals surface area contributed by atoms with E-state index in [0.717, 1.165) is 28.6 Å². The summed E-state index contributed by atoms with van der Waals surface area (Å²) in [5, 5.41) is 6.50. The van der Waals surface area contributed by atoms with Crippen molar-refractivity contribution >= 4 is 57.7 Å². The summed E-state index contributed by atoms with van der Waals surface area (Å²) >= 11 is 11.3. The second kappa shape index (κ2) is 11.7. The average molecular weight is 556 g/mol. The first-order valence-corrected chi connectivity index (χ1v) is 13.3. The lowest BCUT2D eigenvalue weighted by atomic mass is 9.98. The van der Waals surface area contributed by atoms with Crippen LogP contribution in [0.5, 0.6) is 0 Å². The molecule has 2 N–H and O–H groups in total. The molecule has 0 aliphatic heterocycles. The zero-order chi connectivity index (χ0) is 27.4. The minimum atomic E-state index is -0.385. The maximum Gasteiger partial charge on any atom is 0.250 e. The third-order valence-corrected chi connectivity index (χ3v) is 6.81. The Morgan fingerprint density at radius 2 is 1.85 bits per heavy atom. The van der Waals surface area contributed by atoms with Gasteiger partial charge in [-0.05, 0) is 103 Å². The predicted molar refractivity (Wildman–Crippen MR) is 161 cm³/mol. The molecule has 1 unspecified atom stereocenters. The summed E-state index contributed by atoms with van der Waals surface area (Å²) in [4.78, 5) is 17.1. The Morgan fingerprint density at radius 3 is 2.64 bits per heavy atom. The van der Waals surface area contributed by atoms with Crippen LogP contribution in [-0.4, -0.2) is 16.0 Å². The smallest absolute Gasteiger partial charge is 0.250 e. The highest BCUT2D eigenvalue weighted by atomic mass is 35.5. The zero-order valence-corrected chi connectivity index (χ0v) is 23.0. The van der Waals surface area contributed by atoms with Gasteiger partial charge >= 0.3 is 0 Å². The van der Waals surface area contributed by atoms with Gasteiger partial charge in [-0.15, -0.1) is 0 Å². The summed E-state index contributed by atoms with van der Waals surface area (Å²) in [5.41, 5.74) is 5.19. The molecule has 196 valence electrons. The molecule has 0 saturated heterocycles. The van der Waals surface area contributed by atoms with E-state index in [1.54, 1.807) is 24.3 Å². The standard InChI is InChI=1S/C31H26ClN3O3S/c1-3-19(2)21-9-14-28-26(18-21)34-30(38-28)22-5-4-6-24(17-22)33-31(39)35-29(36)16-13-25-12-15-27(37-25)20-7-10-23(32)11-8-20/h4-19H,3H2,1-2H3,(H2,33,35,36,39). The lowest BCUT2D eigenvalue weighted by Crippen LogP contribution is -2.32. The van der Waals surface area contributed by atoms with Crippen LogP contribution in [0.1, 0.15) is 37.5 Å². The van der Waals surface area contributed by atoms with Gasteiger partial charge < -0.3 is 14.2 Å². The number of nitrogens with one attached hydrogen (secondary N) is 2. The van der Waals surface area contributed by atoms with Crippen molar-refractivity contribution in [3.8, 4) is 22.8 Å². The molecule has 0 fully saturated rings. The van der Waals surface area contributed by atoms with Gasteiger partial charge in [0.05, 0.1) is 0 Å². The van der Waals surface area contributed by atoms with Gasteiger partial charge in [0.2, 0.25) is 11.8 Å². The predicted octanol–water partition coefficient (Wildman–Crippen LogP) is 8.45. The monoisotopic (exact) mass is 555 g/mol. The number of amides is 1. The molecule has 0 radical (unpaired) electrons. The molecule has 0 bridgehead atoms. The summed E-state index contributed by atoms with van der Waals surface area (Å²) in [5.74, 6) is 1.81. The number of carbonyl (C=O) groups is 1. The minimum Gasteiger partial charge on any atom is -0.457 e. The van der Waals surface area contributed by atoms with Crippen molar-refractivity contribution in [1.82, 2.24) is 10.3 Å². The number of anilines is 1. The highest BCUT2D eigenvalue weighted by Gasteiger charge is 2.12. The van der Waals surface area contributed by atoms with Crippen LogP contribution >= 0.6 is 23.8 Å². The van der Waals surface area contributed by atoms with E-state index in [9.17, 15) is 4.79 Å². The lowest BCUT2D eigenvalue weighted by Gasteiger charge is -2.08. The van der Waals surface area contributed by atoms with E-state index < -0.39 is 0 Å². The molecule has 1 atom stereocenters. The summed E-state index contributed by atoms with van der Waals surface area (Å²) in [7, 11) is 0. The molecule has 5 rings (SSSR count). The van der Waals surface area contributed by atoms with Crippen LogP contribution in [0.2, 0.25) is 5.02 Å². The Morgan fingerprint density at radius 1 is 1.03 bits per heavy atom. The normalized spacial score (nSPS) is 12.1. The fraction of sp³-hybridized carbons (Fsp3) is 0.129. The van der Waals surface area contributed by atoms with Crippen molar-refractivity contribution in [2.45, 2.75) is 26.2 Å². The second-order valence-corrected chi connectivity index (χ2v) is 9.97. The molecule has 0 spiro atoms. The number of halogens is 1. The number of aromatic nitrogens is 1. The Kier molecular flexibility index (Phi) is 7.91. The number of rotatable bonds is 7. The first kappa shape index (κ1) is 26.4. The molecule has 3 aromatic carbocycles.